The van der Waals surface area contributed by atoms with E-state index in [0.29, 0.717) is 16.8 Å². The van der Waals surface area contributed by atoms with Gasteiger partial charge >= 0.3 is 6.09 Å². The molecule has 4 rings (SSSR count). The van der Waals surface area contributed by atoms with Crippen molar-refractivity contribution in [2.75, 3.05) is 18.5 Å². The maximum Gasteiger partial charge on any atom is 0.410 e. The van der Waals surface area contributed by atoms with Crippen molar-refractivity contribution < 1.29 is 23.1 Å². The number of nitrogens with one attached hydrogen (secondary N) is 1. The first-order valence-corrected chi connectivity index (χ1v) is 10.7. The zero-order chi connectivity index (χ0) is 24.2. The summed E-state index contributed by atoms with van der Waals surface area (Å²) in [5.41, 5.74) is 1.03. The Morgan fingerprint density at radius 1 is 1.12 bits per heavy atom. The maximum absolute atomic E-state index is 13.5. The number of halogens is 2. The van der Waals surface area contributed by atoms with E-state index in [2.05, 4.69) is 10.3 Å². The lowest BCUT2D eigenvalue weighted by Crippen LogP contribution is -2.42. The van der Waals surface area contributed by atoms with Crippen molar-refractivity contribution >= 4 is 17.7 Å². The Labute approximate surface area is 193 Å². The highest BCUT2D eigenvalue weighted by Crippen LogP contribution is 2.22. The number of carbonyl (C=O) groups excluding carboxylic acids is 2. The molecule has 10 heteroatoms. The molecular formula is C24H22F2N4O4. The van der Waals surface area contributed by atoms with Crippen LogP contribution < -0.4 is 10.9 Å². The second kappa shape index (κ2) is 9.82. The van der Waals surface area contributed by atoms with Crippen molar-refractivity contribution in [3.63, 3.8) is 0 Å². The molecule has 0 bridgehead atoms. The van der Waals surface area contributed by atoms with Crippen LogP contribution in [0.5, 0.6) is 0 Å². The smallest absolute Gasteiger partial charge is 0.410 e. The number of aromatic nitrogens is 2. The molecule has 176 valence electrons. The van der Waals surface area contributed by atoms with Crippen LogP contribution in [-0.2, 0) is 29.0 Å². The fourth-order valence-corrected chi connectivity index (χ4v) is 3.77. The van der Waals surface area contributed by atoms with E-state index in [1.54, 1.807) is 6.92 Å². The van der Waals surface area contributed by atoms with Gasteiger partial charge in [-0.1, -0.05) is 6.07 Å². The minimum absolute atomic E-state index is 0.0773. The Hall–Kier alpha value is -4.08. The quantitative estimate of drug-likeness (QED) is 0.620. The van der Waals surface area contributed by atoms with E-state index in [0.717, 1.165) is 6.07 Å². The number of fused-ring (bicyclic) bond motifs is 1. The van der Waals surface area contributed by atoms with Gasteiger partial charge in [-0.3, -0.25) is 14.2 Å². The molecule has 0 saturated carbocycles. The molecule has 1 aliphatic rings. The van der Waals surface area contributed by atoms with Gasteiger partial charge in [-0.25, -0.2) is 18.6 Å². The van der Waals surface area contributed by atoms with Crippen LogP contribution in [0.25, 0.3) is 11.4 Å². The molecule has 0 aliphatic carbocycles. The Kier molecular flexibility index (Phi) is 6.67. The maximum atomic E-state index is 13.5. The van der Waals surface area contributed by atoms with Crippen LogP contribution in [-0.4, -0.2) is 39.6 Å². The highest BCUT2D eigenvalue weighted by molar-refractivity contribution is 5.90. The molecule has 1 aromatic heterocycles. The summed E-state index contributed by atoms with van der Waals surface area (Å²) in [6.07, 6.45) is -0.258. The topological polar surface area (TPSA) is 93.5 Å². The molecule has 0 spiro atoms. The summed E-state index contributed by atoms with van der Waals surface area (Å²) >= 11 is 0. The second-order valence-corrected chi connectivity index (χ2v) is 7.69. The van der Waals surface area contributed by atoms with Crippen molar-refractivity contribution in [2.45, 2.75) is 26.4 Å². The average Bonchev–Trinajstić information content (AvgIpc) is 2.81. The van der Waals surface area contributed by atoms with Crippen LogP contribution in [0.3, 0.4) is 0 Å². The van der Waals surface area contributed by atoms with Crippen LogP contribution in [0.4, 0.5) is 19.3 Å². The van der Waals surface area contributed by atoms with Crippen molar-refractivity contribution in [1.29, 1.82) is 0 Å². The Morgan fingerprint density at radius 2 is 1.88 bits per heavy atom. The summed E-state index contributed by atoms with van der Waals surface area (Å²) in [6.45, 7) is 1.89. The highest BCUT2D eigenvalue weighted by atomic mass is 19.1. The summed E-state index contributed by atoms with van der Waals surface area (Å²) in [5, 5.41) is 2.57. The first-order valence-electron chi connectivity index (χ1n) is 10.7. The van der Waals surface area contributed by atoms with Gasteiger partial charge < -0.3 is 15.0 Å². The molecule has 1 N–H and O–H groups in total. The SMILES string of the molecule is CCOC(=O)N1CCc2c(nc(-c3ccc(F)cc3)n(CC(=O)Nc3cccc(F)c3)c2=O)C1. The van der Waals surface area contributed by atoms with Gasteiger partial charge in [-0.2, -0.15) is 0 Å². The molecule has 1 aliphatic heterocycles. The molecule has 2 aromatic carbocycles. The molecule has 0 radical (unpaired) electrons. The van der Waals surface area contributed by atoms with Crippen molar-refractivity contribution in [1.82, 2.24) is 14.5 Å². The summed E-state index contributed by atoms with van der Waals surface area (Å²) in [4.78, 5) is 44.3. The number of carbonyl (C=O) groups is 2. The largest absolute Gasteiger partial charge is 0.450 e. The normalized spacial score (nSPS) is 12.7. The van der Waals surface area contributed by atoms with Crippen LogP contribution in [0.15, 0.2) is 53.3 Å². The number of nitrogens with zero attached hydrogens (tertiary/aromatic N) is 3. The molecule has 0 atom stereocenters. The molecule has 3 aromatic rings. The van der Waals surface area contributed by atoms with E-state index in [9.17, 15) is 23.2 Å². The molecule has 34 heavy (non-hydrogen) atoms. The van der Waals surface area contributed by atoms with Gasteiger partial charge in [0.25, 0.3) is 5.56 Å². The van der Waals surface area contributed by atoms with E-state index in [4.69, 9.17) is 4.74 Å². The molecule has 8 nitrogen and oxygen atoms in total. The first-order chi connectivity index (χ1) is 16.4. The van der Waals surface area contributed by atoms with Crippen molar-refractivity contribution in [2.24, 2.45) is 0 Å². The van der Waals surface area contributed by atoms with E-state index in [-0.39, 0.29) is 44.2 Å². The van der Waals surface area contributed by atoms with Crippen molar-refractivity contribution in [3.05, 3.63) is 81.8 Å². The third-order valence-corrected chi connectivity index (χ3v) is 5.36. The van der Waals surface area contributed by atoms with Gasteiger partial charge in [0.15, 0.2) is 0 Å². The third kappa shape index (κ3) is 4.95. The zero-order valence-electron chi connectivity index (χ0n) is 18.4. The van der Waals surface area contributed by atoms with E-state index in [1.807, 2.05) is 0 Å². The van der Waals surface area contributed by atoms with Crippen LogP contribution in [0, 0.1) is 11.6 Å². The van der Waals surface area contributed by atoms with E-state index >= 15 is 0 Å². The number of ether oxygens (including phenoxy) is 1. The summed E-state index contributed by atoms with van der Waals surface area (Å²) in [7, 11) is 0. The van der Waals surface area contributed by atoms with Gasteiger partial charge in [0.2, 0.25) is 5.91 Å². The number of rotatable bonds is 5. The van der Waals surface area contributed by atoms with Gasteiger partial charge in [0.05, 0.1) is 18.8 Å². The Morgan fingerprint density at radius 3 is 2.59 bits per heavy atom. The minimum atomic E-state index is -0.554. The number of hydrogen-bond donors (Lipinski definition) is 1. The van der Waals surface area contributed by atoms with Crippen molar-refractivity contribution in [3.8, 4) is 11.4 Å². The van der Waals surface area contributed by atoms with Gasteiger partial charge in [-0.15, -0.1) is 0 Å². The zero-order valence-corrected chi connectivity index (χ0v) is 18.4. The van der Waals surface area contributed by atoms with Crippen LogP contribution in [0.2, 0.25) is 0 Å². The lowest BCUT2D eigenvalue weighted by molar-refractivity contribution is -0.116. The predicted molar refractivity (Wildman–Crippen MR) is 120 cm³/mol. The number of amides is 2. The highest BCUT2D eigenvalue weighted by Gasteiger charge is 2.27. The van der Waals surface area contributed by atoms with Gasteiger partial charge in [0, 0.05) is 23.4 Å². The minimum Gasteiger partial charge on any atom is -0.450 e. The molecule has 2 amide bonds. The first kappa shape index (κ1) is 23.1. The monoisotopic (exact) mass is 468 g/mol. The average molecular weight is 468 g/mol. The molecule has 0 saturated heterocycles. The van der Waals surface area contributed by atoms with Gasteiger partial charge in [0.1, 0.15) is 24.0 Å². The summed E-state index contributed by atoms with van der Waals surface area (Å²) in [6, 6.07) is 10.8. The van der Waals surface area contributed by atoms with Gasteiger partial charge in [-0.05, 0) is 55.8 Å². The second-order valence-electron chi connectivity index (χ2n) is 7.69. The van der Waals surface area contributed by atoms with E-state index < -0.39 is 29.2 Å². The fraction of sp³-hybridized carbons (Fsp3) is 0.250. The van der Waals surface area contributed by atoms with Crippen LogP contribution in [0.1, 0.15) is 18.2 Å². The molecule has 0 fully saturated rings. The molecule has 2 heterocycles. The molecular weight excluding hydrogens is 446 g/mol. The number of hydrogen-bond acceptors (Lipinski definition) is 5. The number of benzene rings is 2. The fourth-order valence-electron chi connectivity index (χ4n) is 3.77. The van der Waals surface area contributed by atoms with Crippen LogP contribution >= 0.6 is 0 Å². The molecule has 0 unspecified atom stereocenters. The third-order valence-electron chi connectivity index (χ3n) is 5.36. The standard InChI is InChI=1S/C24H22F2N4O4/c1-2-34-24(33)29-11-10-19-20(13-29)28-22(15-6-8-16(25)9-7-15)30(23(19)32)14-21(31)27-18-5-3-4-17(26)12-18/h3-9,12H,2,10-11,13-14H2,1H3,(H,27,31). The Balaban J connectivity index is 1.71. The Bertz CT molecular complexity index is 1290. The number of anilines is 1. The summed E-state index contributed by atoms with van der Waals surface area (Å²) in [5.74, 6) is -1.37. The summed E-state index contributed by atoms with van der Waals surface area (Å²) < 4.78 is 33.2. The lowest BCUT2D eigenvalue weighted by Gasteiger charge is -2.28. The van der Waals surface area contributed by atoms with E-state index in [1.165, 1.54) is 51.9 Å². The predicted octanol–water partition coefficient (Wildman–Crippen LogP) is 3.34. The lowest BCUT2D eigenvalue weighted by atomic mass is 10.1.